The van der Waals surface area contributed by atoms with Crippen molar-refractivity contribution in [3.63, 3.8) is 0 Å². The maximum Gasteiger partial charge on any atom is 0.202 e. The van der Waals surface area contributed by atoms with Gasteiger partial charge in [0.2, 0.25) is 5.76 Å². The second kappa shape index (κ2) is 6.63. The van der Waals surface area contributed by atoms with Crippen LogP contribution in [0.1, 0.15) is 17.2 Å². The first kappa shape index (κ1) is 15.2. The summed E-state index contributed by atoms with van der Waals surface area (Å²) >= 11 is 0. The molecule has 1 aromatic carbocycles. The summed E-state index contributed by atoms with van der Waals surface area (Å²) in [6, 6.07) is 16.3. The summed E-state index contributed by atoms with van der Waals surface area (Å²) in [4.78, 5) is 2.40. The van der Waals surface area contributed by atoms with Gasteiger partial charge < -0.3 is 14.7 Å². The van der Waals surface area contributed by atoms with E-state index in [2.05, 4.69) is 40.4 Å². The molecule has 5 nitrogen and oxygen atoms in total. The Balaban J connectivity index is 1.46. The molecule has 2 atom stereocenters. The molecule has 0 aliphatic carbocycles. The number of nitrogens with zero attached hydrogens (tertiary/aromatic N) is 2. The number of likely N-dealkylation sites (tertiary alicyclic amines) is 1. The molecule has 0 unspecified atom stereocenters. The summed E-state index contributed by atoms with van der Waals surface area (Å²) in [6.45, 7) is 3.45. The monoisotopic (exact) mass is 323 g/mol. The van der Waals surface area contributed by atoms with E-state index in [0.29, 0.717) is 29.9 Å². The van der Waals surface area contributed by atoms with E-state index in [4.69, 9.17) is 14.7 Å². The molecule has 2 aromatic heterocycles. The molecule has 1 saturated heterocycles. The van der Waals surface area contributed by atoms with Gasteiger partial charge in [0.15, 0.2) is 5.76 Å². The van der Waals surface area contributed by atoms with Crippen molar-refractivity contribution >= 4 is 0 Å². The van der Waals surface area contributed by atoms with Gasteiger partial charge in [0.1, 0.15) is 0 Å². The minimum absolute atomic E-state index is 0.476. The number of benzene rings is 1. The highest BCUT2D eigenvalue weighted by Gasteiger charge is 2.33. The van der Waals surface area contributed by atoms with E-state index in [1.165, 1.54) is 5.56 Å². The maximum atomic E-state index is 6.01. The number of nitrogens with two attached hydrogens (primary N) is 1. The minimum atomic E-state index is 0.476. The van der Waals surface area contributed by atoms with Crippen molar-refractivity contribution in [2.45, 2.75) is 12.5 Å². The third-order valence-electron chi connectivity index (χ3n) is 4.76. The van der Waals surface area contributed by atoms with Gasteiger partial charge >= 0.3 is 0 Å². The van der Waals surface area contributed by atoms with Crippen LogP contribution in [0, 0.1) is 5.92 Å². The molecule has 3 aromatic rings. The Labute approximate surface area is 141 Å². The molecule has 0 bridgehead atoms. The highest BCUT2D eigenvalue weighted by Crippen LogP contribution is 2.33. The zero-order chi connectivity index (χ0) is 16.4. The molecule has 1 fully saturated rings. The minimum Gasteiger partial charge on any atom is -0.461 e. The van der Waals surface area contributed by atoms with Crippen LogP contribution in [0.15, 0.2) is 63.7 Å². The molecule has 24 heavy (non-hydrogen) atoms. The Morgan fingerprint density at radius 3 is 2.71 bits per heavy atom. The molecule has 0 amide bonds. The molecular formula is C19H21N3O2. The van der Waals surface area contributed by atoms with Gasteiger partial charge in [-0.2, -0.15) is 0 Å². The third-order valence-corrected chi connectivity index (χ3v) is 4.76. The van der Waals surface area contributed by atoms with E-state index < -0.39 is 0 Å². The first-order valence-electron chi connectivity index (χ1n) is 8.30. The molecule has 1 aliphatic rings. The van der Waals surface area contributed by atoms with E-state index in [1.54, 1.807) is 6.26 Å². The van der Waals surface area contributed by atoms with Crippen LogP contribution in [0.25, 0.3) is 11.5 Å². The molecule has 124 valence electrons. The van der Waals surface area contributed by atoms with Crippen molar-refractivity contribution in [1.82, 2.24) is 10.1 Å². The fourth-order valence-electron chi connectivity index (χ4n) is 3.56. The Morgan fingerprint density at radius 2 is 1.96 bits per heavy atom. The number of furan rings is 1. The van der Waals surface area contributed by atoms with Crippen molar-refractivity contribution in [3.8, 4) is 11.5 Å². The van der Waals surface area contributed by atoms with E-state index >= 15 is 0 Å². The molecule has 4 rings (SSSR count). The van der Waals surface area contributed by atoms with Crippen molar-refractivity contribution in [2.24, 2.45) is 11.7 Å². The van der Waals surface area contributed by atoms with Gasteiger partial charge in [-0.1, -0.05) is 35.5 Å². The van der Waals surface area contributed by atoms with Crippen LogP contribution >= 0.6 is 0 Å². The SMILES string of the molecule is NC[C@@H]1CN(Cc2cc(-c3ccco3)on2)C[C@H]1c1ccccc1. The smallest absolute Gasteiger partial charge is 0.202 e. The molecule has 3 heterocycles. The van der Waals surface area contributed by atoms with E-state index in [1.807, 2.05) is 18.2 Å². The lowest BCUT2D eigenvalue weighted by atomic mass is 9.89. The van der Waals surface area contributed by atoms with Crippen molar-refractivity contribution < 1.29 is 8.94 Å². The molecule has 5 heteroatoms. The summed E-state index contributed by atoms with van der Waals surface area (Å²) in [7, 11) is 0. The Kier molecular flexibility index (Phi) is 4.19. The summed E-state index contributed by atoms with van der Waals surface area (Å²) in [5, 5.41) is 4.18. The first-order chi connectivity index (χ1) is 11.8. The van der Waals surface area contributed by atoms with Crippen LogP contribution in [-0.4, -0.2) is 29.7 Å². The van der Waals surface area contributed by atoms with Gasteiger partial charge in [-0.3, -0.25) is 4.90 Å². The summed E-state index contributed by atoms with van der Waals surface area (Å²) in [5.41, 5.74) is 8.30. The molecule has 1 aliphatic heterocycles. The van der Waals surface area contributed by atoms with Gasteiger partial charge in [-0.15, -0.1) is 0 Å². The van der Waals surface area contributed by atoms with Crippen LogP contribution in [0.2, 0.25) is 0 Å². The number of hydrogen-bond acceptors (Lipinski definition) is 5. The molecule has 2 N–H and O–H groups in total. The van der Waals surface area contributed by atoms with Crippen LogP contribution in [0.3, 0.4) is 0 Å². The Bertz CT molecular complexity index is 767. The van der Waals surface area contributed by atoms with Gasteiger partial charge in [0, 0.05) is 31.6 Å². The Hall–Kier alpha value is -2.37. The van der Waals surface area contributed by atoms with E-state index in [0.717, 1.165) is 25.3 Å². The topological polar surface area (TPSA) is 68.4 Å². The lowest BCUT2D eigenvalue weighted by Gasteiger charge is -2.16. The lowest BCUT2D eigenvalue weighted by Crippen LogP contribution is -2.23. The normalized spacial score (nSPS) is 21.4. The second-order valence-corrected chi connectivity index (χ2v) is 6.37. The average molecular weight is 323 g/mol. The Morgan fingerprint density at radius 1 is 1.08 bits per heavy atom. The molecular weight excluding hydrogens is 302 g/mol. The second-order valence-electron chi connectivity index (χ2n) is 6.37. The van der Waals surface area contributed by atoms with E-state index in [9.17, 15) is 0 Å². The largest absolute Gasteiger partial charge is 0.461 e. The van der Waals surface area contributed by atoms with Gasteiger partial charge in [-0.25, -0.2) is 0 Å². The molecule has 0 saturated carbocycles. The van der Waals surface area contributed by atoms with Gasteiger partial charge in [-0.05, 0) is 30.2 Å². The van der Waals surface area contributed by atoms with Gasteiger partial charge in [0.25, 0.3) is 0 Å². The zero-order valence-electron chi connectivity index (χ0n) is 13.5. The highest BCUT2D eigenvalue weighted by molar-refractivity contribution is 5.49. The first-order valence-corrected chi connectivity index (χ1v) is 8.30. The van der Waals surface area contributed by atoms with Crippen molar-refractivity contribution in [2.75, 3.05) is 19.6 Å². The summed E-state index contributed by atoms with van der Waals surface area (Å²) in [6.07, 6.45) is 1.63. The number of aromatic nitrogens is 1. The van der Waals surface area contributed by atoms with Crippen molar-refractivity contribution in [1.29, 1.82) is 0 Å². The van der Waals surface area contributed by atoms with Crippen LogP contribution in [-0.2, 0) is 6.54 Å². The maximum absolute atomic E-state index is 6.01. The fraction of sp³-hybridized carbons (Fsp3) is 0.316. The van der Waals surface area contributed by atoms with Crippen LogP contribution < -0.4 is 5.73 Å². The number of hydrogen-bond donors (Lipinski definition) is 1. The molecule has 0 radical (unpaired) electrons. The third kappa shape index (κ3) is 3.00. The predicted octanol–water partition coefficient (Wildman–Crippen LogP) is 3.11. The standard InChI is InChI=1S/C19H21N3O2/c20-10-15-11-22(13-17(15)14-5-2-1-3-6-14)12-16-9-19(24-21-16)18-7-4-8-23-18/h1-9,15,17H,10-13,20H2/t15-,17+/m1/s1. The van der Waals surface area contributed by atoms with E-state index in [-0.39, 0.29) is 0 Å². The van der Waals surface area contributed by atoms with Crippen LogP contribution in [0.4, 0.5) is 0 Å². The van der Waals surface area contributed by atoms with Crippen molar-refractivity contribution in [3.05, 3.63) is 66.1 Å². The lowest BCUT2D eigenvalue weighted by molar-refractivity contribution is 0.302. The highest BCUT2D eigenvalue weighted by atomic mass is 16.5. The predicted molar refractivity (Wildman–Crippen MR) is 91.2 cm³/mol. The molecule has 0 spiro atoms. The fourth-order valence-corrected chi connectivity index (χ4v) is 3.56. The number of rotatable bonds is 5. The zero-order valence-corrected chi connectivity index (χ0v) is 13.5. The quantitative estimate of drug-likeness (QED) is 0.781. The van der Waals surface area contributed by atoms with Crippen LogP contribution in [0.5, 0.6) is 0 Å². The summed E-state index contributed by atoms with van der Waals surface area (Å²) in [5.74, 6) is 2.33. The summed E-state index contributed by atoms with van der Waals surface area (Å²) < 4.78 is 10.7. The average Bonchev–Trinajstić information content (AvgIpc) is 3.36. The van der Waals surface area contributed by atoms with Gasteiger partial charge in [0.05, 0.1) is 12.0 Å².